The summed E-state index contributed by atoms with van der Waals surface area (Å²) in [7, 11) is -3.98. The van der Waals surface area contributed by atoms with Crippen molar-refractivity contribution >= 4 is 10.0 Å². The van der Waals surface area contributed by atoms with Crippen molar-refractivity contribution in [1.82, 2.24) is 14.7 Å². The predicted octanol–water partition coefficient (Wildman–Crippen LogP) is 3.93. The molecule has 1 aliphatic rings. The van der Waals surface area contributed by atoms with Crippen LogP contribution in [0.5, 0.6) is 0 Å². The van der Waals surface area contributed by atoms with Crippen molar-refractivity contribution in [2.75, 3.05) is 6.54 Å². The lowest BCUT2D eigenvalue weighted by molar-refractivity contribution is 0.150. The molecular formula is C24H29FN4O2S. The number of piperidine rings is 1. The third-order valence-electron chi connectivity index (χ3n) is 6.08. The molecule has 32 heavy (non-hydrogen) atoms. The van der Waals surface area contributed by atoms with Crippen LogP contribution >= 0.6 is 0 Å². The van der Waals surface area contributed by atoms with E-state index in [9.17, 15) is 12.8 Å². The zero-order valence-corrected chi connectivity index (χ0v) is 19.3. The van der Waals surface area contributed by atoms with Gasteiger partial charge in [0.25, 0.3) is 0 Å². The van der Waals surface area contributed by atoms with Gasteiger partial charge in [-0.25, -0.2) is 22.6 Å². The highest BCUT2D eigenvalue weighted by Gasteiger charge is 2.22. The molecule has 1 atom stereocenters. The van der Waals surface area contributed by atoms with Gasteiger partial charge in [0.15, 0.2) is 0 Å². The Kier molecular flexibility index (Phi) is 6.46. The van der Waals surface area contributed by atoms with E-state index in [0.29, 0.717) is 19.0 Å². The molecule has 0 saturated carbocycles. The normalized spacial score (nSPS) is 17.6. The van der Waals surface area contributed by atoms with Gasteiger partial charge in [0.1, 0.15) is 11.5 Å². The van der Waals surface area contributed by atoms with Gasteiger partial charge in [-0.15, -0.1) is 0 Å². The van der Waals surface area contributed by atoms with E-state index in [-0.39, 0.29) is 10.6 Å². The van der Waals surface area contributed by atoms with E-state index in [2.05, 4.69) is 17.9 Å². The van der Waals surface area contributed by atoms with Gasteiger partial charge in [-0.3, -0.25) is 4.90 Å². The fourth-order valence-electron chi connectivity index (χ4n) is 4.35. The molecule has 1 aliphatic heterocycles. The van der Waals surface area contributed by atoms with Crippen LogP contribution in [0.15, 0.2) is 53.4 Å². The number of likely N-dealkylation sites (tertiary alicyclic amines) is 1. The number of aromatic nitrogens is 2. The summed E-state index contributed by atoms with van der Waals surface area (Å²) in [5.74, 6) is -0.678. The summed E-state index contributed by atoms with van der Waals surface area (Å²) >= 11 is 0. The number of nitrogens with two attached hydrogens (primary N) is 1. The highest BCUT2D eigenvalue weighted by molar-refractivity contribution is 7.89. The number of primary sulfonamides is 1. The minimum Gasteiger partial charge on any atom is -0.295 e. The Balaban J connectivity index is 1.73. The second-order valence-electron chi connectivity index (χ2n) is 8.68. The number of halogens is 1. The maximum atomic E-state index is 15.0. The molecule has 2 aromatic carbocycles. The molecule has 6 nitrogen and oxygen atoms in total. The van der Waals surface area contributed by atoms with Crippen LogP contribution in [-0.4, -0.2) is 35.7 Å². The van der Waals surface area contributed by atoms with Crippen LogP contribution in [0.1, 0.15) is 48.7 Å². The van der Waals surface area contributed by atoms with E-state index in [1.807, 2.05) is 31.2 Å². The molecule has 3 aromatic rings. The van der Waals surface area contributed by atoms with E-state index in [0.717, 1.165) is 35.1 Å². The number of rotatable bonds is 6. The van der Waals surface area contributed by atoms with Gasteiger partial charge >= 0.3 is 0 Å². The van der Waals surface area contributed by atoms with Crippen LogP contribution in [0.2, 0.25) is 0 Å². The molecule has 1 fully saturated rings. The van der Waals surface area contributed by atoms with Gasteiger partial charge in [-0.05, 0) is 63.1 Å². The third kappa shape index (κ3) is 5.09. The Labute approximate surface area is 188 Å². The van der Waals surface area contributed by atoms with E-state index in [1.54, 1.807) is 4.68 Å². The van der Waals surface area contributed by atoms with E-state index in [4.69, 9.17) is 10.2 Å². The quantitative estimate of drug-likeness (QED) is 0.609. The van der Waals surface area contributed by atoms with E-state index >= 15 is 0 Å². The fourth-order valence-corrected chi connectivity index (χ4v) is 4.88. The van der Waals surface area contributed by atoms with Gasteiger partial charge in [-0.2, -0.15) is 5.10 Å². The van der Waals surface area contributed by atoms with Crippen LogP contribution in [-0.2, 0) is 23.0 Å². The number of aryl methyl sites for hydroxylation is 1. The van der Waals surface area contributed by atoms with E-state index in [1.165, 1.54) is 31.4 Å². The smallest absolute Gasteiger partial charge is 0.238 e. The highest BCUT2D eigenvalue weighted by atomic mass is 32.2. The first-order valence-corrected chi connectivity index (χ1v) is 12.5. The molecule has 0 amide bonds. The van der Waals surface area contributed by atoms with Gasteiger partial charge in [0, 0.05) is 24.7 Å². The monoisotopic (exact) mass is 456 g/mol. The average Bonchev–Trinajstić information content (AvgIpc) is 3.11. The average molecular weight is 457 g/mol. The van der Waals surface area contributed by atoms with Crippen molar-refractivity contribution in [3.05, 3.63) is 76.9 Å². The Morgan fingerprint density at radius 3 is 2.66 bits per heavy atom. The summed E-state index contributed by atoms with van der Waals surface area (Å²) in [6.45, 7) is 6.00. The molecule has 0 bridgehead atoms. The zero-order chi connectivity index (χ0) is 22.9. The number of hydrogen-bond acceptors (Lipinski definition) is 4. The highest BCUT2D eigenvalue weighted by Crippen LogP contribution is 2.24. The maximum absolute atomic E-state index is 15.0. The maximum Gasteiger partial charge on any atom is 0.238 e. The van der Waals surface area contributed by atoms with Crippen LogP contribution in [0.3, 0.4) is 0 Å². The second kappa shape index (κ2) is 9.13. The summed E-state index contributed by atoms with van der Waals surface area (Å²) in [4.78, 5) is 2.15. The number of sulfonamides is 1. The van der Waals surface area contributed by atoms with Gasteiger partial charge in [0.2, 0.25) is 10.0 Å². The van der Waals surface area contributed by atoms with Crippen molar-refractivity contribution in [3.8, 4) is 5.69 Å². The topological polar surface area (TPSA) is 81.2 Å². The molecule has 2 heterocycles. The molecular weight excluding hydrogens is 427 g/mol. The summed E-state index contributed by atoms with van der Waals surface area (Å²) in [5.41, 5.74) is 4.18. The van der Waals surface area contributed by atoms with Crippen LogP contribution < -0.4 is 5.14 Å². The lowest BCUT2D eigenvalue weighted by Gasteiger charge is -2.32. The van der Waals surface area contributed by atoms with Crippen molar-refractivity contribution in [3.63, 3.8) is 0 Å². The van der Waals surface area contributed by atoms with Crippen molar-refractivity contribution in [2.24, 2.45) is 5.14 Å². The number of benzene rings is 2. The molecule has 1 unspecified atom stereocenters. The summed E-state index contributed by atoms with van der Waals surface area (Å²) in [5, 5.41) is 9.89. The molecule has 4 rings (SSSR count). The minimum absolute atomic E-state index is 0.206. The molecule has 0 aliphatic carbocycles. The van der Waals surface area contributed by atoms with Crippen LogP contribution in [0, 0.1) is 12.7 Å². The number of hydrogen-bond donors (Lipinski definition) is 1. The summed E-state index contributed by atoms with van der Waals surface area (Å²) in [6.07, 6.45) is 4.16. The third-order valence-corrected chi connectivity index (χ3v) is 6.99. The Morgan fingerprint density at radius 2 is 1.97 bits per heavy atom. The molecule has 0 spiro atoms. The first-order chi connectivity index (χ1) is 15.2. The predicted molar refractivity (Wildman–Crippen MR) is 123 cm³/mol. The lowest BCUT2D eigenvalue weighted by Crippen LogP contribution is -2.36. The standard InChI is InChI=1S/C24H29FN4O2S/c1-17-6-5-8-19(12-17)13-21-14-20(16-28-11-4-3-7-18(28)2)27-29(21)24-10-9-22(15-23(24)25)32(26,30)31/h5-6,8-10,12,14-15,18H,3-4,7,11,13,16H2,1-2H3,(H2,26,30,31). The van der Waals surface area contributed by atoms with Crippen molar-refractivity contribution in [1.29, 1.82) is 0 Å². The van der Waals surface area contributed by atoms with E-state index < -0.39 is 15.8 Å². The van der Waals surface area contributed by atoms with Crippen molar-refractivity contribution in [2.45, 2.75) is 57.0 Å². The Morgan fingerprint density at radius 1 is 1.16 bits per heavy atom. The molecule has 170 valence electrons. The number of nitrogens with zero attached hydrogens (tertiary/aromatic N) is 3. The summed E-state index contributed by atoms with van der Waals surface area (Å²) in [6, 6.07) is 14.4. The molecule has 1 saturated heterocycles. The Bertz CT molecular complexity index is 1220. The lowest BCUT2D eigenvalue weighted by atomic mass is 10.0. The van der Waals surface area contributed by atoms with Crippen LogP contribution in [0.25, 0.3) is 5.69 Å². The second-order valence-corrected chi connectivity index (χ2v) is 10.2. The van der Waals surface area contributed by atoms with Gasteiger partial charge in [-0.1, -0.05) is 36.2 Å². The zero-order valence-electron chi connectivity index (χ0n) is 18.5. The molecule has 0 radical (unpaired) electrons. The fraction of sp³-hybridized carbons (Fsp3) is 0.375. The van der Waals surface area contributed by atoms with Gasteiger partial charge < -0.3 is 0 Å². The Hall–Kier alpha value is -2.55. The first kappa shape index (κ1) is 22.6. The van der Waals surface area contributed by atoms with Crippen molar-refractivity contribution < 1.29 is 12.8 Å². The SMILES string of the molecule is Cc1cccc(Cc2cc(CN3CCCCC3C)nn2-c2ccc(S(N)(=O)=O)cc2F)c1. The molecule has 1 aromatic heterocycles. The minimum atomic E-state index is -3.98. The van der Waals surface area contributed by atoms with Crippen LogP contribution in [0.4, 0.5) is 4.39 Å². The van der Waals surface area contributed by atoms with Gasteiger partial charge in [0.05, 0.1) is 10.6 Å². The molecule has 2 N–H and O–H groups in total. The summed E-state index contributed by atoms with van der Waals surface area (Å²) < 4.78 is 39.8. The largest absolute Gasteiger partial charge is 0.295 e. The molecule has 8 heteroatoms. The first-order valence-electron chi connectivity index (χ1n) is 10.9.